The van der Waals surface area contributed by atoms with E-state index in [4.69, 9.17) is 23.4 Å². The van der Waals surface area contributed by atoms with Gasteiger partial charge in [-0.05, 0) is 43.2 Å². The Bertz CT molecular complexity index is 1280. The Labute approximate surface area is 191 Å². The van der Waals surface area contributed by atoms with Gasteiger partial charge < -0.3 is 28.3 Å². The van der Waals surface area contributed by atoms with Gasteiger partial charge >= 0.3 is 0 Å². The van der Waals surface area contributed by atoms with Crippen LogP contribution in [-0.4, -0.2) is 53.9 Å². The first-order chi connectivity index (χ1) is 16.0. The molecule has 2 aliphatic rings. The number of anilines is 1. The second kappa shape index (κ2) is 8.51. The Hall–Kier alpha value is -3.40. The summed E-state index contributed by atoms with van der Waals surface area (Å²) in [5.41, 5.74) is 0.580. The van der Waals surface area contributed by atoms with Gasteiger partial charge in [0.05, 0.1) is 19.1 Å². The van der Waals surface area contributed by atoms with Gasteiger partial charge in [0.1, 0.15) is 13.2 Å². The number of aromatic nitrogens is 1. The number of ether oxygens (including phenoxy) is 4. The van der Waals surface area contributed by atoms with E-state index in [-0.39, 0.29) is 21.7 Å². The number of nitrogens with zero attached hydrogens (tertiary/aromatic N) is 2. The lowest BCUT2D eigenvalue weighted by molar-refractivity contribution is 0.171. The average Bonchev–Trinajstić information content (AvgIpc) is 3.53. The number of rotatable bonds is 6. The van der Waals surface area contributed by atoms with Crippen molar-refractivity contribution in [3.8, 4) is 34.5 Å². The minimum atomic E-state index is -3.99. The molecule has 2 aromatic carbocycles. The van der Waals surface area contributed by atoms with Gasteiger partial charge in [-0.3, -0.25) is 0 Å². The summed E-state index contributed by atoms with van der Waals surface area (Å²) in [4.78, 5) is 6.44. The van der Waals surface area contributed by atoms with E-state index in [1.807, 2.05) is 4.90 Å². The van der Waals surface area contributed by atoms with Crippen molar-refractivity contribution in [1.29, 1.82) is 0 Å². The summed E-state index contributed by atoms with van der Waals surface area (Å²) >= 11 is 0. The highest BCUT2D eigenvalue weighted by molar-refractivity contribution is 7.91. The molecule has 174 valence electrons. The molecule has 1 aromatic heterocycles. The van der Waals surface area contributed by atoms with E-state index in [1.165, 1.54) is 19.2 Å². The quantitative estimate of drug-likeness (QED) is 0.533. The lowest BCUT2D eigenvalue weighted by Gasteiger charge is -2.19. The number of hydrogen-bond donors (Lipinski definition) is 0. The molecule has 10 heteroatoms. The van der Waals surface area contributed by atoms with Gasteiger partial charge in [0.2, 0.25) is 26.6 Å². The molecule has 0 unspecified atom stereocenters. The van der Waals surface area contributed by atoms with Crippen molar-refractivity contribution in [3.63, 3.8) is 0 Å². The fourth-order valence-electron chi connectivity index (χ4n) is 3.99. The zero-order valence-electron chi connectivity index (χ0n) is 18.4. The molecule has 0 spiro atoms. The molecule has 0 radical (unpaired) electrons. The summed E-state index contributed by atoms with van der Waals surface area (Å²) in [7, 11) is -0.914. The van der Waals surface area contributed by atoms with Crippen LogP contribution in [0, 0.1) is 0 Å². The molecule has 2 aliphatic heterocycles. The molecule has 5 rings (SSSR count). The fourth-order valence-corrected chi connectivity index (χ4v) is 5.32. The highest BCUT2D eigenvalue weighted by Gasteiger charge is 2.33. The zero-order chi connectivity index (χ0) is 23.0. The molecular formula is C23H24N2O7S. The molecule has 1 fully saturated rings. The normalized spacial score (nSPS) is 15.5. The molecular weight excluding hydrogens is 448 g/mol. The number of fused-ring (bicyclic) bond motifs is 1. The van der Waals surface area contributed by atoms with Crippen LogP contribution in [0.1, 0.15) is 12.8 Å². The number of oxazole rings is 1. The second-order valence-electron chi connectivity index (χ2n) is 7.70. The molecule has 0 amide bonds. The fraction of sp³-hybridized carbons (Fsp3) is 0.348. The lowest BCUT2D eigenvalue weighted by atomic mass is 10.2. The van der Waals surface area contributed by atoms with Crippen LogP contribution in [0.25, 0.3) is 11.5 Å². The minimum Gasteiger partial charge on any atom is -0.493 e. The smallest absolute Gasteiger partial charge is 0.236 e. The van der Waals surface area contributed by atoms with Crippen molar-refractivity contribution in [2.24, 2.45) is 0 Å². The molecule has 0 N–H and O–H groups in total. The van der Waals surface area contributed by atoms with Crippen LogP contribution in [0.5, 0.6) is 23.0 Å². The van der Waals surface area contributed by atoms with Crippen LogP contribution < -0.4 is 23.8 Å². The molecule has 1 saturated heterocycles. The van der Waals surface area contributed by atoms with Crippen molar-refractivity contribution in [1.82, 2.24) is 4.98 Å². The van der Waals surface area contributed by atoms with Gasteiger partial charge in [0.15, 0.2) is 23.0 Å². The maximum atomic E-state index is 13.7. The van der Waals surface area contributed by atoms with Crippen LogP contribution in [0.3, 0.4) is 0 Å². The van der Waals surface area contributed by atoms with E-state index >= 15 is 0 Å². The Kier molecular flexibility index (Phi) is 5.53. The second-order valence-corrected chi connectivity index (χ2v) is 9.57. The predicted molar refractivity (Wildman–Crippen MR) is 119 cm³/mol. The highest BCUT2D eigenvalue weighted by atomic mass is 32.2. The summed E-state index contributed by atoms with van der Waals surface area (Å²) in [5.74, 6) is 2.39. The Balaban J connectivity index is 1.61. The minimum absolute atomic E-state index is 0.0689. The Morgan fingerprint density at radius 1 is 0.909 bits per heavy atom. The third-order valence-corrected chi connectivity index (χ3v) is 7.33. The third kappa shape index (κ3) is 3.84. The largest absolute Gasteiger partial charge is 0.493 e. The van der Waals surface area contributed by atoms with Crippen molar-refractivity contribution < 1.29 is 31.8 Å². The standard InChI is InChI=1S/C23H24N2O7S/c1-28-17-7-5-15(13-19(17)29-2)21-24-22(23(32-21)25-9-3-4-10-25)33(26,27)16-6-8-18-20(14-16)31-12-11-30-18/h5-8,13-14H,3-4,9-12H2,1-2H3. The Morgan fingerprint density at radius 2 is 1.64 bits per heavy atom. The maximum absolute atomic E-state index is 13.7. The van der Waals surface area contributed by atoms with Gasteiger partial charge in [-0.15, -0.1) is 0 Å². The lowest BCUT2D eigenvalue weighted by Crippen LogP contribution is -2.20. The third-order valence-electron chi connectivity index (χ3n) is 5.68. The molecule has 33 heavy (non-hydrogen) atoms. The predicted octanol–water partition coefficient (Wildman–Crippen LogP) is 3.56. The number of hydrogen-bond acceptors (Lipinski definition) is 9. The summed E-state index contributed by atoms with van der Waals surface area (Å²) < 4.78 is 55.2. The van der Waals surface area contributed by atoms with E-state index < -0.39 is 9.84 Å². The summed E-state index contributed by atoms with van der Waals surface area (Å²) in [6.07, 6.45) is 1.91. The molecule has 9 nitrogen and oxygen atoms in total. The monoisotopic (exact) mass is 472 g/mol. The molecule has 0 bridgehead atoms. The van der Waals surface area contributed by atoms with Gasteiger partial charge in [-0.25, -0.2) is 8.42 Å². The topological polar surface area (TPSA) is 100 Å². The SMILES string of the molecule is COc1ccc(-c2nc(S(=O)(=O)c3ccc4c(c3)OCCO4)c(N3CCCC3)o2)cc1OC. The zero-order valence-corrected chi connectivity index (χ0v) is 19.2. The van der Waals surface area contributed by atoms with Crippen molar-refractivity contribution >= 4 is 15.7 Å². The number of sulfone groups is 1. The highest BCUT2D eigenvalue weighted by Crippen LogP contribution is 2.40. The molecule has 0 aliphatic carbocycles. The van der Waals surface area contributed by atoms with Crippen molar-refractivity contribution in [2.75, 3.05) is 45.4 Å². The van der Waals surface area contributed by atoms with Crippen LogP contribution in [0.4, 0.5) is 5.88 Å². The van der Waals surface area contributed by atoms with E-state index in [0.717, 1.165) is 12.8 Å². The molecule has 0 atom stereocenters. The van der Waals surface area contributed by atoms with E-state index in [0.29, 0.717) is 54.9 Å². The van der Waals surface area contributed by atoms with Gasteiger partial charge in [-0.2, -0.15) is 4.98 Å². The molecule has 3 aromatic rings. The summed E-state index contributed by atoms with van der Waals surface area (Å²) in [5, 5.41) is -0.120. The van der Waals surface area contributed by atoms with Crippen molar-refractivity contribution in [2.45, 2.75) is 22.8 Å². The molecule has 3 heterocycles. The van der Waals surface area contributed by atoms with Crippen LogP contribution in [-0.2, 0) is 9.84 Å². The van der Waals surface area contributed by atoms with Gasteiger partial charge in [0, 0.05) is 24.7 Å². The molecule has 0 saturated carbocycles. The van der Waals surface area contributed by atoms with E-state index in [1.54, 1.807) is 31.4 Å². The maximum Gasteiger partial charge on any atom is 0.236 e. The summed E-state index contributed by atoms with van der Waals surface area (Å²) in [6, 6.07) is 9.76. The number of benzene rings is 2. The Morgan fingerprint density at radius 3 is 2.36 bits per heavy atom. The van der Waals surface area contributed by atoms with Gasteiger partial charge in [0.25, 0.3) is 0 Å². The first-order valence-corrected chi connectivity index (χ1v) is 12.1. The van der Waals surface area contributed by atoms with Gasteiger partial charge in [-0.1, -0.05) is 0 Å². The van der Waals surface area contributed by atoms with E-state index in [9.17, 15) is 8.42 Å². The number of methoxy groups -OCH3 is 2. The average molecular weight is 473 g/mol. The van der Waals surface area contributed by atoms with Crippen molar-refractivity contribution in [3.05, 3.63) is 36.4 Å². The van der Waals surface area contributed by atoms with E-state index in [2.05, 4.69) is 4.98 Å². The summed E-state index contributed by atoms with van der Waals surface area (Å²) in [6.45, 7) is 2.19. The van der Waals surface area contributed by atoms with Crippen LogP contribution >= 0.6 is 0 Å². The first kappa shape index (κ1) is 21.4. The van der Waals surface area contributed by atoms with Crippen LogP contribution in [0.2, 0.25) is 0 Å². The first-order valence-electron chi connectivity index (χ1n) is 10.6. The van der Waals surface area contributed by atoms with Crippen LogP contribution in [0.15, 0.2) is 50.7 Å².